The largest absolute Gasteiger partial charge is 0.371 e. The summed E-state index contributed by atoms with van der Waals surface area (Å²) in [6.45, 7) is 1.88. The van der Waals surface area contributed by atoms with Crippen molar-refractivity contribution in [1.29, 1.82) is 0 Å². The first-order chi connectivity index (χ1) is 11.5. The van der Waals surface area contributed by atoms with Gasteiger partial charge < -0.3 is 5.32 Å². The number of rotatable bonds is 5. The van der Waals surface area contributed by atoms with E-state index in [9.17, 15) is 10.1 Å². The Hall–Kier alpha value is -2.74. The zero-order valence-corrected chi connectivity index (χ0v) is 14.3. The van der Waals surface area contributed by atoms with Gasteiger partial charge in [0.1, 0.15) is 11.4 Å². The molecule has 7 nitrogen and oxygen atoms in total. The molecule has 1 heterocycles. The van der Waals surface area contributed by atoms with Gasteiger partial charge in [-0.15, -0.1) is 5.10 Å². The summed E-state index contributed by atoms with van der Waals surface area (Å²) in [5, 5.41) is 22.5. The minimum atomic E-state index is -0.414. The van der Waals surface area contributed by atoms with E-state index in [4.69, 9.17) is 0 Å². The quantitative estimate of drug-likeness (QED) is 0.525. The van der Waals surface area contributed by atoms with Gasteiger partial charge >= 0.3 is 0 Å². The molecule has 2 aromatic carbocycles. The summed E-state index contributed by atoms with van der Waals surface area (Å²) in [5.74, 6) is 0. The van der Waals surface area contributed by atoms with E-state index in [1.807, 2.05) is 37.3 Å². The van der Waals surface area contributed by atoms with Gasteiger partial charge in [-0.3, -0.25) is 10.1 Å². The fraction of sp³-hybridized carbons (Fsp3) is 0.125. The summed E-state index contributed by atoms with van der Waals surface area (Å²) >= 11 is 3.33. The number of aromatic nitrogens is 3. The minimum Gasteiger partial charge on any atom is -0.371 e. The van der Waals surface area contributed by atoms with Gasteiger partial charge in [0.05, 0.1) is 22.8 Å². The van der Waals surface area contributed by atoms with Crippen molar-refractivity contribution in [2.75, 3.05) is 5.32 Å². The summed E-state index contributed by atoms with van der Waals surface area (Å²) in [5.41, 5.74) is 2.03. The first-order valence-electron chi connectivity index (χ1n) is 7.23. The molecule has 1 aromatic heterocycles. The SMILES string of the molecule is CC(Nc1cc(Br)ccc1[N+](=O)[O-])c1cn(-c2ccccc2)nn1. The van der Waals surface area contributed by atoms with E-state index in [2.05, 4.69) is 31.6 Å². The number of hydrogen-bond acceptors (Lipinski definition) is 5. The third-order valence-corrected chi connectivity index (χ3v) is 4.00. The van der Waals surface area contributed by atoms with Crippen LogP contribution >= 0.6 is 15.9 Å². The molecule has 0 saturated heterocycles. The van der Waals surface area contributed by atoms with E-state index in [1.165, 1.54) is 6.07 Å². The van der Waals surface area contributed by atoms with Gasteiger partial charge in [0.15, 0.2) is 0 Å². The van der Waals surface area contributed by atoms with Crippen LogP contribution in [0.15, 0.2) is 59.2 Å². The molecule has 0 saturated carbocycles. The molecule has 1 atom stereocenters. The first-order valence-corrected chi connectivity index (χ1v) is 8.02. The molecule has 3 aromatic rings. The third-order valence-electron chi connectivity index (χ3n) is 3.50. The molecule has 0 aliphatic carbocycles. The summed E-state index contributed by atoms with van der Waals surface area (Å²) in [7, 11) is 0. The van der Waals surface area contributed by atoms with Crippen molar-refractivity contribution in [1.82, 2.24) is 15.0 Å². The van der Waals surface area contributed by atoms with Crippen molar-refractivity contribution in [3.8, 4) is 5.69 Å². The van der Waals surface area contributed by atoms with Crippen LogP contribution in [0.3, 0.4) is 0 Å². The fourth-order valence-corrected chi connectivity index (χ4v) is 2.63. The van der Waals surface area contributed by atoms with Crippen LogP contribution in [0.1, 0.15) is 18.7 Å². The van der Waals surface area contributed by atoms with Gasteiger partial charge in [-0.1, -0.05) is 39.3 Å². The molecule has 0 amide bonds. The molecule has 8 heteroatoms. The average molecular weight is 388 g/mol. The smallest absolute Gasteiger partial charge is 0.292 e. The van der Waals surface area contributed by atoms with Crippen LogP contribution in [-0.2, 0) is 0 Å². The first kappa shape index (κ1) is 16.1. The van der Waals surface area contributed by atoms with Gasteiger partial charge in [0.2, 0.25) is 0 Å². The standard InChI is InChI=1S/C16H14BrN5O2/c1-11(18-14-9-12(17)7-8-16(14)22(23)24)15-10-21(20-19-15)13-5-3-2-4-6-13/h2-11,18H,1H3. The van der Waals surface area contributed by atoms with Crippen LogP contribution in [0.5, 0.6) is 0 Å². The number of para-hydroxylation sites is 1. The number of benzene rings is 2. The van der Waals surface area contributed by atoms with Crippen LogP contribution < -0.4 is 5.32 Å². The lowest BCUT2D eigenvalue weighted by Gasteiger charge is -2.13. The Balaban J connectivity index is 1.84. The highest BCUT2D eigenvalue weighted by Gasteiger charge is 2.18. The topological polar surface area (TPSA) is 85.9 Å². The molecule has 1 N–H and O–H groups in total. The highest BCUT2D eigenvalue weighted by molar-refractivity contribution is 9.10. The Morgan fingerprint density at radius 3 is 2.71 bits per heavy atom. The van der Waals surface area contributed by atoms with E-state index in [1.54, 1.807) is 23.0 Å². The Morgan fingerprint density at radius 2 is 2.00 bits per heavy atom. The Morgan fingerprint density at radius 1 is 1.25 bits per heavy atom. The number of halogens is 1. The van der Waals surface area contributed by atoms with Crippen molar-refractivity contribution in [3.05, 3.63) is 75.0 Å². The second kappa shape index (κ2) is 6.79. The predicted molar refractivity (Wildman–Crippen MR) is 94.2 cm³/mol. The van der Waals surface area contributed by atoms with E-state index < -0.39 is 4.92 Å². The molecule has 0 bridgehead atoms. The summed E-state index contributed by atoms with van der Waals surface area (Å²) in [4.78, 5) is 10.7. The number of nitrogens with zero attached hydrogens (tertiary/aromatic N) is 4. The molecule has 0 aliphatic rings. The van der Waals surface area contributed by atoms with Crippen molar-refractivity contribution in [3.63, 3.8) is 0 Å². The zero-order valence-electron chi connectivity index (χ0n) is 12.8. The van der Waals surface area contributed by atoms with Crippen LogP contribution in [0, 0.1) is 10.1 Å². The lowest BCUT2D eigenvalue weighted by atomic mass is 10.2. The molecule has 0 fully saturated rings. The molecule has 122 valence electrons. The molecule has 0 aliphatic heterocycles. The summed E-state index contributed by atoms with van der Waals surface area (Å²) in [6.07, 6.45) is 1.80. The average Bonchev–Trinajstić information content (AvgIpc) is 3.05. The lowest BCUT2D eigenvalue weighted by Crippen LogP contribution is -2.09. The van der Waals surface area contributed by atoms with Gasteiger partial charge in [-0.25, -0.2) is 4.68 Å². The Labute approximate surface area is 146 Å². The van der Waals surface area contributed by atoms with Crippen molar-refractivity contribution in [2.45, 2.75) is 13.0 Å². The van der Waals surface area contributed by atoms with Gasteiger partial charge in [0, 0.05) is 10.5 Å². The maximum absolute atomic E-state index is 11.2. The monoisotopic (exact) mass is 387 g/mol. The summed E-state index contributed by atoms with van der Waals surface area (Å²) < 4.78 is 2.43. The zero-order chi connectivity index (χ0) is 17.1. The lowest BCUT2D eigenvalue weighted by molar-refractivity contribution is -0.384. The van der Waals surface area contributed by atoms with Gasteiger partial charge in [-0.2, -0.15) is 0 Å². The second-order valence-electron chi connectivity index (χ2n) is 5.21. The van der Waals surface area contributed by atoms with Crippen molar-refractivity contribution in [2.24, 2.45) is 0 Å². The Kier molecular flexibility index (Phi) is 4.57. The molecule has 0 radical (unpaired) electrons. The highest BCUT2D eigenvalue weighted by atomic mass is 79.9. The van der Waals surface area contributed by atoms with Gasteiger partial charge in [0.25, 0.3) is 5.69 Å². The van der Waals surface area contributed by atoms with Crippen LogP contribution in [0.4, 0.5) is 11.4 Å². The minimum absolute atomic E-state index is 0.0144. The van der Waals surface area contributed by atoms with Gasteiger partial charge in [-0.05, 0) is 31.2 Å². The van der Waals surface area contributed by atoms with E-state index in [0.717, 1.165) is 10.2 Å². The van der Waals surface area contributed by atoms with Crippen molar-refractivity contribution >= 4 is 27.3 Å². The van der Waals surface area contributed by atoms with Crippen LogP contribution in [0.2, 0.25) is 0 Å². The second-order valence-corrected chi connectivity index (χ2v) is 6.12. The summed E-state index contributed by atoms with van der Waals surface area (Å²) in [6, 6.07) is 14.2. The van der Waals surface area contributed by atoms with Crippen LogP contribution in [-0.4, -0.2) is 19.9 Å². The molecule has 24 heavy (non-hydrogen) atoms. The number of anilines is 1. The van der Waals surface area contributed by atoms with E-state index >= 15 is 0 Å². The molecular formula is C16H14BrN5O2. The number of nitro benzene ring substituents is 1. The fourth-order valence-electron chi connectivity index (χ4n) is 2.27. The molecule has 1 unspecified atom stereocenters. The predicted octanol–water partition coefficient (Wildman–Crippen LogP) is 4.11. The van der Waals surface area contributed by atoms with Crippen LogP contribution in [0.25, 0.3) is 5.69 Å². The van der Waals surface area contributed by atoms with Crippen molar-refractivity contribution < 1.29 is 4.92 Å². The van der Waals surface area contributed by atoms with E-state index in [-0.39, 0.29) is 11.7 Å². The molecular weight excluding hydrogens is 374 g/mol. The number of hydrogen-bond donors (Lipinski definition) is 1. The number of nitrogens with one attached hydrogen (secondary N) is 1. The number of nitro groups is 1. The highest BCUT2D eigenvalue weighted by Crippen LogP contribution is 2.30. The van der Waals surface area contributed by atoms with E-state index in [0.29, 0.717) is 11.4 Å². The normalized spacial score (nSPS) is 11.9. The molecule has 3 rings (SSSR count). The molecule has 0 spiro atoms. The maximum Gasteiger partial charge on any atom is 0.292 e. The maximum atomic E-state index is 11.2. The Bertz CT molecular complexity index is 866. The third kappa shape index (κ3) is 3.43.